The number of rotatable bonds is 3. The van der Waals surface area contributed by atoms with Gasteiger partial charge in [0.15, 0.2) is 5.76 Å². The molecule has 1 saturated heterocycles. The summed E-state index contributed by atoms with van der Waals surface area (Å²) in [5, 5.41) is 3.80. The van der Waals surface area contributed by atoms with E-state index in [0.29, 0.717) is 5.41 Å². The standard InChI is InChI=1S/C10H15BrN2O/c1-3-10(2)6-13(7-10)5-8-4-9(11)12-14-8/h4H,3,5-7H2,1-2H3. The maximum atomic E-state index is 5.13. The predicted octanol–water partition coefficient (Wildman–Crippen LogP) is 2.67. The first-order valence-corrected chi connectivity index (χ1v) is 5.74. The SMILES string of the molecule is CCC1(C)CN(Cc2cc(Br)no2)C1. The molecular formula is C10H15BrN2O. The highest BCUT2D eigenvalue weighted by atomic mass is 79.9. The third-order valence-electron chi connectivity index (χ3n) is 2.97. The normalized spacial score (nSPS) is 20.8. The first kappa shape index (κ1) is 10.2. The van der Waals surface area contributed by atoms with Crippen molar-refractivity contribution in [3.63, 3.8) is 0 Å². The fourth-order valence-electron chi connectivity index (χ4n) is 1.95. The third kappa shape index (κ3) is 2.01. The highest BCUT2D eigenvalue weighted by Gasteiger charge is 2.37. The Morgan fingerprint density at radius 2 is 2.36 bits per heavy atom. The molecule has 0 spiro atoms. The molecule has 4 heteroatoms. The molecule has 1 fully saturated rings. The van der Waals surface area contributed by atoms with Crippen molar-refractivity contribution in [2.45, 2.75) is 26.8 Å². The molecule has 2 rings (SSSR count). The van der Waals surface area contributed by atoms with E-state index in [9.17, 15) is 0 Å². The number of likely N-dealkylation sites (tertiary alicyclic amines) is 1. The summed E-state index contributed by atoms with van der Waals surface area (Å²) in [6.45, 7) is 7.81. The second-order valence-corrected chi connectivity index (χ2v) is 5.24. The molecular weight excluding hydrogens is 244 g/mol. The Labute approximate surface area is 92.6 Å². The van der Waals surface area contributed by atoms with Crippen LogP contribution in [0.15, 0.2) is 15.2 Å². The van der Waals surface area contributed by atoms with Crippen molar-refractivity contribution in [2.75, 3.05) is 13.1 Å². The summed E-state index contributed by atoms with van der Waals surface area (Å²) in [7, 11) is 0. The van der Waals surface area contributed by atoms with Crippen molar-refractivity contribution in [1.82, 2.24) is 10.1 Å². The summed E-state index contributed by atoms with van der Waals surface area (Å²) in [6, 6.07) is 1.93. The Kier molecular flexibility index (Phi) is 2.66. The Bertz CT molecular complexity index is 318. The van der Waals surface area contributed by atoms with E-state index < -0.39 is 0 Å². The summed E-state index contributed by atoms with van der Waals surface area (Å²) < 4.78 is 5.92. The van der Waals surface area contributed by atoms with Crippen LogP contribution in [0.4, 0.5) is 0 Å². The monoisotopic (exact) mass is 258 g/mol. The lowest BCUT2D eigenvalue weighted by Gasteiger charge is -2.47. The van der Waals surface area contributed by atoms with Crippen LogP contribution in [0, 0.1) is 5.41 Å². The van der Waals surface area contributed by atoms with Crippen LogP contribution in [0.1, 0.15) is 26.0 Å². The number of nitrogens with zero attached hydrogens (tertiary/aromatic N) is 2. The van der Waals surface area contributed by atoms with Gasteiger partial charge in [-0.05, 0) is 27.8 Å². The Balaban J connectivity index is 1.85. The number of hydrogen-bond acceptors (Lipinski definition) is 3. The molecule has 0 radical (unpaired) electrons. The fourth-order valence-corrected chi connectivity index (χ4v) is 2.28. The summed E-state index contributed by atoms with van der Waals surface area (Å²) in [4.78, 5) is 2.39. The molecule has 0 aliphatic carbocycles. The molecule has 0 unspecified atom stereocenters. The molecule has 1 aromatic heterocycles. The smallest absolute Gasteiger partial charge is 0.151 e. The van der Waals surface area contributed by atoms with Gasteiger partial charge in [0.2, 0.25) is 0 Å². The second-order valence-electron chi connectivity index (χ2n) is 4.43. The molecule has 0 bridgehead atoms. The highest BCUT2D eigenvalue weighted by molar-refractivity contribution is 9.10. The van der Waals surface area contributed by atoms with Crippen LogP contribution in [-0.2, 0) is 6.54 Å². The van der Waals surface area contributed by atoms with Crippen LogP contribution in [0.3, 0.4) is 0 Å². The average Bonchev–Trinajstić information content (AvgIpc) is 2.48. The summed E-state index contributed by atoms with van der Waals surface area (Å²) in [5.74, 6) is 0.940. The Hall–Kier alpha value is -0.350. The van der Waals surface area contributed by atoms with Crippen molar-refractivity contribution < 1.29 is 4.52 Å². The fraction of sp³-hybridized carbons (Fsp3) is 0.700. The maximum Gasteiger partial charge on any atom is 0.151 e. The van der Waals surface area contributed by atoms with Crippen LogP contribution in [0.5, 0.6) is 0 Å². The predicted molar refractivity (Wildman–Crippen MR) is 57.9 cm³/mol. The molecule has 0 saturated carbocycles. The molecule has 0 amide bonds. The lowest BCUT2D eigenvalue weighted by atomic mass is 9.79. The molecule has 14 heavy (non-hydrogen) atoms. The highest BCUT2D eigenvalue weighted by Crippen LogP contribution is 2.33. The first-order valence-electron chi connectivity index (χ1n) is 4.95. The number of halogens is 1. The molecule has 1 aromatic rings. The van der Waals surface area contributed by atoms with Gasteiger partial charge in [0.25, 0.3) is 0 Å². The minimum Gasteiger partial charge on any atom is -0.359 e. The van der Waals surface area contributed by atoms with E-state index in [1.54, 1.807) is 0 Å². The van der Waals surface area contributed by atoms with Crippen LogP contribution >= 0.6 is 15.9 Å². The molecule has 0 aromatic carbocycles. The van der Waals surface area contributed by atoms with Crippen molar-refractivity contribution >= 4 is 15.9 Å². The van der Waals surface area contributed by atoms with E-state index in [1.165, 1.54) is 19.5 Å². The summed E-state index contributed by atoms with van der Waals surface area (Å²) in [6.07, 6.45) is 1.25. The van der Waals surface area contributed by atoms with Crippen molar-refractivity contribution in [3.8, 4) is 0 Å². The van der Waals surface area contributed by atoms with Crippen LogP contribution in [-0.4, -0.2) is 23.1 Å². The van der Waals surface area contributed by atoms with Gasteiger partial charge in [-0.2, -0.15) is 0 Å². The van der Waals surface area contributed by atoms with Gasteiger partial charge in [-0.3, -0.25) is 4.90 Å². The zero-order chi connectivity index (χ0) is 10.2. The average molecular weight is 259 g/mol. The minimum atomic E-state index is 0.525. The van der Waals surface area contributed by atoms with E-state index in [2.05, 4.69) is 39.8 Å². The van der Waals surface area contributed by atoms with Gasteiger partial charge in [0.05, 0.1) is 6.54 Å². The van der Waals surface area contributed by atoms with Gasteiger partial charge in [0, 0.05) is 19.2 Å². The quantitative estimate of drug-likeness (QED) is 0.835. The molecule has 3 nitrogen and oxygen atoms in total. The summed E-state index contributed by atoms with van der Waals surface area (Å²) in [5.41, 5.74) is 0.525. The molecule has 1 aliphatic rings. The van der Waals surface area contributed by atoms with E-state index in [0.717, 1.165) is 16.9 Å². The number of hydrogen-bond donors (Lipinski definition) is 0. The van der Waals surface area contributed by atoms with Gasteiger partial charge >= 0.3 is 0 Å². The molecule has 78 valence electrons. The zero-order valence-corrected chi connectivity index (χ0v) is 10.2. The lowest BCUT2D eigenvalue weighted by Crippen LogP contribution is -2.53. The van der Waals surface area contributed by atoms with Crippen LogP contribution < -0.4 is 0 Å². The largest absolute Gasteiger partial charge is 0.359 e. The van der Waals surface area contributed by atoms with Gasteiger partial charge in [-0.15, -0.1) is 0 Å². The van der Waals surface area contributed by atoms with Gasteiger partial charge < -0.3 is 4.52 Å². The Morgan fingerprint density at radius 3 is 2.86 bits per heavy atom. The lowest BCUT2D eigenvalue weighted by molar-refractivity contribution is 0.000525. The third-order valence-corrected chi connectivity index (χ3v) is 3.35. The van der Waals surface area contributed by atoms with Gasteiger partial charge in [-0.1, -0.05) is 19.0 Å². The molecule has 0 atom stereocenters. The van der Waals surface area contributed by atoms with Crippen LogP contribution in [0.25, 0.3) is 0 Å². The van der Waals surface area contributed by atoms with E-state index in [1.807, 2.05) is 6.07 Å². The van der Waals surface area contributed by atoms with Crippen molar-refractivity contribution in [2.24, 2.45) is 5.41 Å². The van der Waals surface area contributed by atoms with Crippen molar-refractivity contribution in [3.05, 3.63) is 16.4 Å². The van der Waals surface area contributed by atoms with E-state index >= 15 is 0 Å². The second kappa shape index (κ2) is 3.66. The topological polar surface area (TPSA) is 29.3 Å². The summed E-state index contributed by atoms with van der Waals surface area (Å²) >= 11 is 3.27. The van der Waals surface area contributed by atoms with Crippen molar-refractivity contribution in [1.29, 1.82) is 0 Å². The van der Waals surface area contributed by atoms with E-state index in [-0.39, 0.29) is 0 Å². The molecule has 2 heterocycles. The Morgan fingerprint density at radius 1 is 1.64 bits per heavy atom. The van der Waals surface area contributed by atoms with Gasteiger partial charge in [-0.25, -0.2) is 0 Å². The maximum absolute atomic E-state index is 5.13. The molecule has 0 N–H and O–H groups in total. The van der Waals surface area contributed by atoms with E-state index in [4.69, 9.17) is 4.52 Å². The zero-order valence-electron chi connectivity index (χ0n) is 8.59. The molecule has 1 aliphatic heterocycles. The number of aromatic nitrogens is 1. The van der Waals surface area contributed by atoms with Gasteiger partial charge in [0.1, 0.15) is 4.60 Å². The van der Waals surface area contributed by atoms with Crippen LogP contribution in [0.2, 0.25) is 0 Å². The first-order chi connectivity index (χ1) is 6.61. The minimum absolute atomic E-state index is 0.525.